The SMILES string of the molecule is Cc1c(C(=O)NC[C@@H]2CCCO2)oc2c1-c1nn(C[C@@H]3CCOC3)cc1CC2. The second-order valence-corrected chi connectivity index (χ2v) is 8.15. The van der Waals surface area contributed by atoms with Crippen molar-refractivity contribution in [3.63, 3.8) is 0 Å². The van der Waals surface area contributed by atoms with Gasteiger partial charge in [0.2, 0.25) is 0 Å². The quantitative estimate of drug-likeness (QED) is 0.856. The molecule has 1 N–H and O–H groups in total. The summed E-state index contributed by atoms with van der Waals surface area (Å²) >= 11 is 0. The smallest absolute Gasteiger partial charge is 0.287 e. The molecule has 0 aromatic carbocycles. The Labute approximate surface area is 164 Å². The van der Waals surface area contributed by atoms with Gasteiger partial charge in [0.15, 0.2) is 5.76 Å². The van der Waals surface area contributed by atoms with Gasteiger partial charge in [0, 0.05) is 56.0 Å². The number of hydrogen-bond acceptors (Lipinski definition) is 5. The number of rotatable bonds is 5. The number of fused-ring (bicyclic) bond motifs is 3. The van der Waals surface area contributed by atoms with Gasteiger partial charge in [0.1, 0.15) is 5.76 Å². The fraction of sp³-hybridized carbons (Fsp3) is 0.619. The average Bonchev–Trinajstić information content (AvgIpc) is 3.47. The van der Waals surface area contributed by atoms with E-state index in [0.717, 1.165) is 81.1 Å². The minimum absolute atomic E-state index is 0.121. The highest BCUT2D eigenvalue weighted by Crippen LogP contribution is 2.38. The van der Waals surface area contributed by atoms with Crippen LogP contribution < -0.4 is 5.32 Å². The number of hydrogen-bond donors (Lipinski definition) is 1. The Morgan fingerprint density at radius 1 is 1.32 bits per heavy atom. The summed E-state index contributed by atoms with van der Waals surface area (Å²) in [5.74, 6) is 1.66. The molecular formula is C21H27N3O4. The van der Waals surface area contributed by atoms with E-state index in [1.54, 1.807) is 0 Å². The maximum absolute atomic E-state index is 12.7. The van der Waals surface area contributed by atoms with Crippen LogP contribution in [0.15, 0.2) is 10.6 Å². The number of carbonyl (C=O) groups excluding carboxylic acids is 1. The molecule has 150 valence electrons. The van der Waals surface area contributed by atoms with Gasteiger partial charge >= 0.3 is 0 Å². The zero-order chi connectivity index (χ0) is 19.1. The topological polar surface area (TPSA) is 78.5 Å². The standard InChI is InChI=1S/C21H27N3O4/c1-13-18-17(28-20(13)21(25)22-9-16-3-2-7-27-16)5-4-15-11-24(23-19(15)18)10-14-6-8-26-12-14/h11,14,16H,2-10,12H2,1H3,(H,22,25)/t14-,16-/m0/s1. The van der Waals surface area contributed by atoms with E-state index in [2.05, 4.69) is 11.5 Å². The van der Waals surface area contributed by atoms with Crippen LogP contribution in [0.2, 0.25) is 0 Å². The fourth-order valence-electron chi connectivity index (χ4n) is 4.56. The molecule has 2 saturated heterocycles. The van der Waals surface area contributed by atoms with E-state index >= 15 is 0 Å². The third-order valence-corrected chi connectivity index (χ3v) is 6.11. The summed E-state index contributed by atoms with van der Waals surface area (Å²) in [5, 5.41) is 7.82. The van der Waals surface area contributed by atoms with E-state index in [0.29, 0.717) is 18.2 Å². The molecule has 7 heteroatoms. The predicted molar refractivity (Wildman–Crippen MR) is 102 cm³/mol. The Balaban J connectivity index is 1.36. The van der Waals surface area contributed by atoms with Gasteiger partial charge in [-0.25, -0.2) is 0 Å². The molecule has 0 radical (unpaired) electrons. The van der Waals surface area contributed by atoms with Crippen molar-refractivity contribution in [2.45, 2.75) is 51.7 Å². The molecule has 0 unspecified atom stereocenters. The minimum atomic E-state index is -0.161. The molecule has 0 saturated carbocycles. The maximum Gasteiger partial charge on any atom is 0.287 e. The van der Waals surface area contributed by atoms with Crippen molar-refractivity contribution in [2.24, 2.45) is 5.92 Å². The molecular weight excluding hydrogens is 358 g/mol. The first-order valence-electron chi connectivity index (χ1n) is 10.4. The van der Waals surface area contributed by atoms with Crippen molar-refractivity contribution in [3.8, 4) is 11.3 Å². The number of aryl methyl sites for hydroxylation is 2. The van der Waals surface area contributed by atoms with E-state index in [1.807, 2.05) is 11.6 Å². The molecule has 5 rings (SSSR count). The van der Waals surface area contributed by atoms with Crippen LogP contribution >= 0.6 is 0 Å². The van der Waals surface area contributed by atoms with Crippen molar-refractivity contribution in [2.75, 3.05) is 26.4 Å². The molecule has 1 amide bonds. The molecule has 2 fully saturated rings. The van der Waals surface area contributed by atoms with Crippen LogP contribution in [0.4, 0.5) is 0 Å². The summed E-state index contributed by atoms with van der Waals surface area (Å²) in [7, 11) is 0. The summed E-state index contributed by atoms with van der Waals surface area (Å²) in [6.45, 7) is 5.83. The molecule has 2 aliphatic heterocycles. The minimum Gasteiger partial charge on any atom is -0.455 e. The maximum atomic E-state index is 12.7. The first kappa shape index (κ1) is 17.9. The van der Waals surface area contributed by atoms with Crippen molar-refractivity contribution in [1.82, 2.24) is 15.1 Å². The van der Waals surface area contributed by atoms with Crippen molar-refractivity contribution in [1.29, 1.82) is 0 Å². The molecule has 4 heterocycles. The van der Waals surface area contributed by atoms with E-state index in [4.69, 9.17) is 19.0 Å². The Morgan fingerprint density at radius 3 is 3.04 bits per heavy atom. The van der Waals surface area contributed by atoms with Crippen LogP contribution in [0, 0.1) is 12.8 Å². The highest BCUT2D eigenvalue weighted by molar-refractivity contribution is 5.95. The first-order chi connectivity index (χ1) is 13.7. The van der Waals surface area contributed by atoms with Crippen LogP contribution in [0.1, 0.15) is 46.7 Å². The largest absolute Gasteiger partial charge is 0.455 e. The Kier molecular flexibility index (Phi) is 4.72. The van der Waals surface area contributed by atoms with Crippen molar-refractivity contribution >= 4 is 5.91 Å². The van der Waals surface area contributed by atoms with Crippen LogP contribution in [0.3, 0.4) is 0 Å². The van der Waals surface area contributed by atoms with E-state index < -0.39 is 0 Å². The molecule has 2 atom stereocenters. The monoisotopic (exact) mass is 385 g/mol. The lowest BCUT2D eigenvalue weighted by molar-refractivity contribution is 0.0833. The van der Waals surface area contributed by atoms with Gasteiger partial charge in [-0.1, -0.05) is 0 Å². The number of ether oxygens (including phenoxy) is 2. The summed E-state index contributed by atoms with van der Waals surface area (Å²) in [6.07, 6.45) is 7.13. The average molecular weight is 385 g/mol. The van der Waals surface area contributed by atoms with Gasteiger partial charge in [-0.15, -0.1) is 0 Å². The normalized spacial score (nSPS) is 23.6. The lowest BCUT2D eigenvalue weighted by Gasteiger charge is -2.10. The molecule has 2 aromatic heterocycles. The second kappa shape index (κ2) is 7.37. The first-order valence-corrected chi connectivity index (χ1v) is 10.4. The number of amides is 1. The third-order valence-electron chi connectivity index (χ3n) is 6.11. The molecule has 0 bridgehead atoms. The van der Waals surface area contributed by atoms with E-state index in [1.165, 1.54) is 5.56 Å². The van der Waals surface area contributed by atoms with Crippen LogP contribution in [-0.4, -0.2) is 48.2 Å². The number of aromatic nitrogens is 2. The molecule has 28 heavy (non-hydrogen) atoms. The fourth-order valence-corrected chi connectivity index (χ4v) is 4.56. The van der Waals surface area contributed by atoms with Gasteiger partial charge in [0.05, 0.1) is 18.4 Å². The van der Waals surface area contributed by atoms with Crippen molar-refractivity contribution in [3.05, 3.63) is 28.8 Å². The molecule has 1 aliphatic carbocycles. The van der Waals surface area contributed by atoms with E-state index in [-0.39, 0.29) is 12.0 Å². The molecule has 7 nitrogen and oxygen atoms in total. The molecule has 2 aromatic rings. The number of carbonyl (C=O) groups is 1. The zero-order valence-electron chi connectivity index (χ0n) is 16.3. The van der Waals surface area contributed by atoms with Gasteiger partial charge in [0.25, 0.3) is 5.91 Å². The Morgan fingerprint density at radius 2 is 2.25 bits per heavy atom. The Bertz CT molecular complexity index is 873. The predicted octanol–water partition coefficient (Wildman–Crippen LogP) is 2.50. The number of nitrogens with zero attached hydrogens (tertiary/aromatic N) is 2. The summed E-state index contributed by atoms with van der Waals surface area (Å²) in [5.41, 5.74) is 4.10. The highest BCUT2D eigenvalue weighted by Gasteiger charge is 2.30. The van der Waals surface area contributed by atoms with Crippen molar-refractivity contribution < 1.29 is 18.7 Å². The lowest BCUT2D eigenvalue weighted by atomic mass is 9.93. The van der Waals surface area contributed by atoms with Gasteiger partial charge in [-0.2, -0.15) is 5.10 Å². The van der Waals surface area contributed by atoms with E-state index in [9.17, 15) is 4.79 Å². The highest BCUT2D eigenvalue weighted by atomic mass is 16.5. The van der Waals surface area contributed by atoms with Crippen LogP contribution in [0.25, 0.3) is 11.3 Å². The van der Waals surface area contributed by atoms with Gasteiger partial charge in [-0.3, -0.25) is 9.48 Å². The van der Waals surface area contributed by atoms with Crippen LogP contribution in [-0.2, 0) is 28.9 Å². The zero-order valence-corrected chi connectivity index (χ0v) is 16.3. The summed E-state index contributed by atoms with van der Waals surface area (Å²) in [6, 6.07) is 0. The number of furan rings is 1. The summed E-state index contributed by atoms with van der Waals surface area (Å²) < 4.78 is 19.1. The van der Waals surface area contributed by atoms with Crippen LogP contribution in [0.5, 0.6) is 0 Å². The molecule has 3 aliphatic rings. The number of nitrogens with one attached hydrogen (secondary N) is 1. The summed E-state index contributed by atoms with van der Waals surface area (Å²) in [4.78, 5) is 12.7. The lowest BCUT2D eigenvalue weighted by Crippen LogP contribution is -2.31. The second-order valence-electron chi connectivity index (χ2n) is 8.15. The third kappa shape index (κ3) is 3.26. The van der Waals surface area contributed by atoms with Gasteiger partial charge < -0.3 is 19.2 Å². The van der Waals surface area contributed by atoms with Gasteiger partial charge in [-0.05, 0) is 38.2 Å². The molecule has 0 spiro atoms. The Hall–Kier alpha value is -2.12.